The lowest BCUT2D eigenvalue weighted by Gasteiger charge is -2.17. The van der Waals surface area contributed by atoms with Gasteiger partial charge in [-0.15, -0.1) is 0 Å². The quantitative estimate of drug-likeness (QED) is 0.781. The number of hydrogen-bond donors (Lipinski definition) is 1. The highest BCUT2D eigenvalue weighted by Crippen LogP contribution is 2.25. The molecule has 1 nitrogen and oxygen atoms in total. The summed E-state index contributed by atoms with van der Waals surface area (Å²) in [4.78, 5) is 0. The fourth-order valence-corrected chi connectivity index (χ4v) is 1.92. The summed E-state index contributed by atoms with van der Waals surface area (Å²) in [6, 6.07) is 8.36. The van der Waals surface area contributed by atoms with E-state index in [0.29, 0.717) is 11.8 Å². The molecule has 0 bridgehead atoms. The molecule has 1 rings (SSSR count). The summed E-state index contributed by atoms with van der Waals surface area (Å²) in [5.74, 6) is 1.02. The van der Waals surface area contributed by atoms with Gasteiger partial charge in [-0.1, -0.05) is 44.5 Å². The molecule has 0 radical (unpaired) electrons. The van der Waals surface area contributed by atoms with Crippen molar-refractivity contribution in [2.75, 3.05) is 6.61 Å². The normalized spacial score (nSPS) is 13.1. The van der Waals surface area contributed by atoms with E-state index in [1.807, 2.05) is 0 Å². The van der Waals surface area contributed by atoms with Crippen LogP contribution in [0.15, 0.2) is 24.3 Å². The molecule has 0 saturated carbocycles. The molecule has 15 heavy (non-hydrogen) atoms. The Morgan fingerprint density at radius 3 is 2.33 bits per heavy atom. The lowest BCUT2D eigenvalue weighted by atomic mass is 9.89. The van der Waals surface area contributed by atoms with Crippen LogP contribution in [0.1, 0.15) is 43.7 Å². The van der Waals surface area contributed by atoms with Gasteiger partial charge in [0.1, 0.15) is 0 Å². The Morgan fingerprint density at radius 1 is 1.13 bits per heavy atom. The monoisotopic (exact) mass is 206 g/mol. The molecular weight excluding hydrogens is 184 g/mol. The molecule has 0 spiro atoms. The first kappa shape index (κ1) is 12.3. The van der Waals surface area contributed by atoms with Crippen molar-refractivity contribution in [1.82, 2.24) is 0 Å². The van der Waals surface area contributed by atoms with Crippen molar-refractivity contribution in [3.8, 4) is 0 Å². The van der Waals surface area contributed by atoms with E-state index in [2.05, 4.69) is 45.0 Å². The molecule has 0 aromatic heterocycles. The highest BCUT2D eigenvalue weighted by Gasteiger charge is 2.12. The largest absolute Gasteiger partial charge is 0.396 e. The summed E-state index contributed by atoms with van der Waals surface area (Å²) in [5.41, 5.74) is 2.60. The molecule has 0 aliphatic heterocycles. The van der Waals surface area contributed by atoms with Crippen LogP contribution in [-0.2, 0) is 0 Å². The van der Waals surface area contributed by atoms with Gasteiger partial charge in [-0.2, -0.15) is 0 Å². The first-order valence-electron chi connectivity index (χ1n) is 5.81. The maximum Gasteiger partial charge on any atom is 0.0499 e. The van der Waals surface area contributed by atoms with Crippen molar-refractivity contribution in [3.05, 3.63) is 35.4 Å². The molecule has 84 valence electrons. The molecule has 1 aromatic rings. The van der Waals surface area contributed by atoms with Crippen molar-refractivity contribution < 1.29 is 5.11 Å². The zero-order valence-corrected chi connectivity index (χ0v) is 10.0. The second-order valence-corrected chi connectivity index (χ2v) is 4.71. The molecule has 0 fully saturated rings. The van der Waals surface area contributed by atoms with E-state index < -0.39 is 0 Å². The van der Waals surface area contributed by atoms with Crippen LogP contribution in [0.4, 0.5) is 0 Å². The SMILES string of the molecule is Cc1ccccc1C(CO)CCC(C)C. The number of benzene rings is 1. The van der Waals surface area contributed by atoms with Crippen LogP contribution in [0.2, 0.25) is 0 Å². The van der Waals surface area contributed by atoms with E-state index in [9.17, 15) is 5.11 Å². The molecule has 0 amide bonds. The summed E-state index contributed by atoms with van der Waals surface area (Å²) >= 11 is 0. The molecule has 1 aromatic carbocycles. The number of aliphatic hydroxyl groups is 1. The molecule has 0 saturated heterocycles. The van der Waals surface area contributed by atoms with Crippen LogP contribution in [0, 0.1) is 12.8 Å². The summed E-state index contributed by atoms with van der Waals surface area (Å²) in [7, 11) is 0. The smallest absolute Gasteiger partial charge is 0.0499 e. The molecule has 0 aliphatic rings. The van der Waals surface area contributed by atoms with Gasteiger partial charge in [0.05, 0.1) is 0 Å². The minimum absolute atomic E-state index is 0.261. The Bertz CT molecular complexity index is 291. The van der Waals surface area contributed by atoms with Crippen molar-refractivity contribution in [3.63, 3.8) is 0 Å². The number of aliphatic hydroxyl groups excluding tert-OH is 1. The third-order valence-corrected chi connectivity index (χ3v) is 2.94. The molecule has 1 N–H and O–H groups in total. The van der Waals surface area contributed by atoms with Gasteiger partial charge >= 0.3 is 0 Å². The van der Waals surface area contributed by atoms with Gasteiger partial charge in [0.25, 0.3) is 0 Å². The highest BCUT2D eigenvalue weighted by molar-refractivity contribution is 5.29. The number of aryl methyl sites for hydroxylation is 1. The van der Waals surface area contributed by atoms with Crippen LogP contribution >= 0.6 is 0 Å². The van der Waals surface area contributed by atoms with Gasteiger partial charge in [-0.05, 0) is 30.4 Å². The van der Waals surface area contributed by atoms with E-state index in [4.69, 9.17) is 0 Å². The number of hydrogen-bond acceptors (Lipinski definition) is 1. The summed E-state index contributed by atoms with van der Waals surface area (Å²) in [6.07, 6.45) is 2.26. The molecule has 0 aliphatic carbocycles. The zero-order valence-electron chi connectivity index (χ0n) is 10.0. The van der Waals surface area contributed by atoms with Crippen LogP contribution in [0.3, 0.4) is 0 Å². The van der Waals surface area contributed by atoms with E-state index in [0.717, 1.165) is 6.42 Å². The Labute approximate surface area is 93.1 Å². The topological polar surface area (TPSA) is 20.2 Å². The fraction of sp³-hybridized carbons (Fsp3) is 0.571. The van der Waals surface area contributed by atoms with E-state index >= 15 is 0 Å². The minimum atomic E-state index is 0.261. The standard InChI is InChI=1S/C14H22O/c1-11(2)8-9-13(10-15)14-7-5-4-6-12(14)3/h4-7,11,13,15H,8-10H2,1-3H3. The van der Waals surface area contributed by atoms with Gasteiger partial charge < -0.3 is 5.11 Å². The zero-order chi connectivity index (χ0) is 11.3. The lowest BCUT2D eigenvalue weighted by molar-refractivity contribution is 0.253. The van der Waals surface area contributed by atoms with Crippen molar-refractivity contribution in [2.24, 2.45) is 5.92 Å². The third kappa shape index (κ3) is 3.67. The molecule has 1 atom stereocenters. The Balaban J connectivity index is 2.70. The van der Waals surface area contributed by atoms with Crippen LogP contribution in [0.5, 0.6) is 0 Å². The first-order chi connectivity index (χ1) is 7.15. The Hall–Kier alpha value is -0.820. The minimum Gasteiger partial charge on any atom is -0.396 e. The van der Waals surface area contributed by atoms with Gasteiger partial charge in [0.2, 0.25) is 0 Å². The average Bonchev–Trinajstić information content (AvgIpc) is 2.21. The average molecular weight is 206 g/mol. The van der Waals surface area contributed by atoms with E-state index in [-0.39, 0.29) is 6.61 Å². The van der Waals surface area contributed by atoms with Crippen LogP contribution in [-0.4, -0.2) is 11.7 Å². The predicted molar refractivity (Wildman–Crippen MR) is 65.1 cm³/mol. The second kappa shape index (κ2) is 5.92. The van der Waals surface area contributed by atoms with Gasteiger partial charge in [0, 0.05) is 12.5 Å². The lowest BCUT2D eigenvalue weighted by Crippen LogP contribution is -2.07. The van der Waals surface area contributed by atoms with Crippen molar-refractivity contribution in [2.45, 2.75) is 39.5 Å². The van der Waals surface area contributed by atoms with Crippen LogP contribution < -0.4 is 0 Å². The fourth-order valence-electron chi connectivity index (χ4n) is 1.92. The van der Waals surface area contributed by atoms with E-state index in [1.54, 1.807) is 0 Å². The maximum absolute atomic E-state index is 9.42. The third-order valence-electron chi connectivity index (χ3n) is 2.94. The van der Waals surface area contributed by atoms with Gasteiger partial charge in [0.15, 0.2) is 0 Å². The summed E-state index contributed by atoms with van der Waals surface area (Å²) < 4.78 is 0. The van der Waals surface area contributed by atoms with Gasteiger partial charge in [-0.3, -0.25) is 0 Å². The molecule has 0 heterocycles. The van der Waals surface area contributed by atoms with Crippen molar-refractivity contribution >= 4 is 0 Å². The van der Waals surface area contributed by atoms with Crippen LogP contribution in [0.25, 0.3) is 0 Å². The van der Waals surface area contributed by atoms with E-state index in [1.165, 1.54) is 17.5 Å². The summed E-state index contributed by atoms with van der Waals surface area (Å²) in [5, 5.41) is 9.42. The van der Waals surface area contributed by atoms with Crippen molar-refractivity contribution in [1.29, 1.82) is 0 Å². The maximum atomic E-state index is 9.42. The summed E-state index contributed by atoms with van der Waals surface area (Å²) in [6.45, 7) is 6.84. The molecule has 1 unspecified atom stereocenters. The highest BCUT2D eigenvalue weighted by atomic mass is 16.3. The first-order valence-corrected chi connectivity index (χ1v) is 5.81. The number of rotatable bonds is 5. The van der Waals surface area contributed by atoms with Gasteiger partial charge in [-0.25, -0.2) is 0 Å². The predicted octanol–water partition coefficient (Wildman–Crippen LogP) is 3.51. The molecular formula is C14H22O. The second-order valence-electron chi connectivity index (χ2n) is 4.71. The Morgan fingerprint density at radius 2 is 1.80 bits per heavy atom. The molecule has 1 heteroatoms. The Kier molecular flexibility index (Phi) is 4.83.